The number of aromatic nitrogens is 1. The first-order valence-corrected chi connectivity index (χ1v) is 10.9. The summed E-state index contributed by atoms with van der Waals surface area (Å²) < 4.78 is 6.12. The van der Waals surface area contributed by atoms with Gasteiger partial charge in [-0.25, -0.2) is 0 Å². The Kier molecular flexibility index (Phi) is 9.97. The van der Waals surface area contributed by atoms with Crippen molar-refractivity contribution in [2.45, 2.75) is 78.6 Å². The van der Waals surface area contributed by atoms with Gasteiger partial charge in [0.15, 0.2) is 0 Å². The average molecular weight is 368 g/mol. The third kappa shape index (κ3) is 7.74. The number of benzene rings is 1. The molecule has 0 spiro atoms. The van der Waals surface area contributed by atoms with Gasteiger partial charge in [0.2, 0.25) is 0 Å². The predicted octanol–water partition coefficient (Wildman–Crippen LogP) is 7.47. The van der Waals surface area contributed by atoms with Gasteiger partial charge in [-0.2, -0.15) is 0 Å². The highest BCUT2D eigenvalue weighted by Gasteiger charge is 2.08. The number of ether oxygens (including phenoxy) is 1. The van der Waals surface area contributed by atoms with Crippen LogP contribution in [0.15, 0.2) is 42.6 Å². The zero-order valence-electron chi connectivity index (χ0n) is 17.5. The fraction of sp³-hybridized carbons (Fsp3) is 0.560. The second-order valence-electron chi connectivity index (χ2n) is 7.71. The van der Waals surface area contributed by atoms with Crippen LogP contribution < -0.4 is 4.74 Å². The number of rotatable bonds is 13. The molecule has 1 unspecified atom stereocenters. The molecule has 1 heterocycles. The lowest BCUT2D eigenvalue weighted by molar-refractivity contribution is 0.301. The molecule has 0 aliphatic rings. The molecule has 0 saturated heterocycles. The number of pyridine rings is 1. The average Bonchev–Trinajstić information content (AvgIpc) is 2.71. The van der Waals surface area contributed by atoms with E-state index in [1.165, 1.54) is 50.5 Å². The molecule has 1 aromatic heterocycles. The Labute approximate surface area is 166 Å². The number of para-hydroxylation sites is 1. The van der Waals surface area contributed by atoms with E-state index in [0.29, 0.717) is 0 Å². The van der Waals surface area contributed by atoms with Gasteiger partial charge in [-0.1, -0.05) is 65.0 Å². The van der Waals surface area contributed by atoms with Crippen molar-refractivity contribution in [1.82, 2.24) is 4.98 Å². The molecule has 0 saturated carbocycles. The molecule has 0 aliphatic carbocycles. The lowest BCUT2D eigenvalue weighted by atomic mass is 10.0. The maximum Gasteiger partial charge on any atom is 0.128 e. The summed E-state index contributed by atoms with van der Waals surface area (Å²) in [5, 5.41) is 0. The molecule has 2 heteroatoms. The molecular formula is C25H37NO. The van der Waals surface area contributed by atoms with Gasteiger partial charge in [-0.3, -0.25) is 4.98 Å². The van der Waals surface area contributed by atoms with Crippen LogP contribution in [0.1, 0.15) is 77.7 Å². The van der Waals surface area contributed by atoms with Crippen LogP contribution >= 0.6 is 0 Å². The summed E-state index contributed by atoms with van der Waals surface area (Å²) in [5.74, 6) is 1.78. The minimum Gasteiger partial charge on any atom is -0.493 e. The second kappa shape index (κ2) is 12.5. The van der Waals surface area contributed by atoms with Crippen LogP contribution in [-0.2, 0) is 6.42 Å². The van der Waals surface area contributed by atoms with Crippen molar-refractivity contribution in [3.63, 3.8) is 0 Å². The van der Waals surface area contributed by atoms with E-state index in [1.54, 1.807) is 0 Å². The van der Waals surface area contributed by atoms with E-state index >= 15 is 0 Å². The van der Waals surface area contributed by atoms with E-state index in [0.717, 1.165) is 42.4 Å². The van der Waals surface area contributed by atoms with Crippen molar-refractivity contribution in [1.29, 1.82) is 0 Å². The molecule has 0 aliphatic heterocycles. The SMILES string of the molecule is CCCCCCc1ccnc(-c2ccccc2OCCCCC(C)CC)c1. The van der Waals surface area contributed by atoms with E-state index in [9.17, 15) is 0 Å². The minimum absolute atomic E-state index is 0.782. The van der Waals surface area contributed by atoms with Crippen molar-refractivity contribution < 1.29 is 4.74 Å². The fourth-order valence-electron chi connectivity index (χ4n) is 3.32. The maximum absolute atomic E-state index is 6.12. The molecule has 2 aromatic rings. The zero-order valence-corrected chi connectivity index (χ0v) is 17.5. The van der Waals surface area contributed by atoms with Crippen LogP contribution in [0.25, 0.3) is 11.3 Å². The van der Waals surface area contributed by atoms with E-state index in [-0.39, 0.29) is 0 Å². The Morgan fingerprint density at radius 3 is 2.63 bits per heavy atom. The Hall–Kier alpha value is -1.83. The molecule has 2 rings (SSSR count). The smallest absolute Gasteiger partial charge is 0.128 e. The number of hydrogen-bond donors (Lipinski definition) is 0. The highest BCUT2D eigenvalue weighted by atomic mass is 16.5. The first kappa shape index (κ1) is 21.5. The van der Waals surface area contributed by atoms with Gasteiger partial charge in [0.05, 0.1) is 12.3 Å². The van der Waals surface area contributed by atoms with E-state index in [2.05, 4.69) is 56.1 Å². The summed E-state index contributed by atoms with van der Waals surface area (Å²) in [6.07, 6.45) is 13.2. The quantitative estimate of drug-likeness (QED) is 0.343. The normalized spacial score (nSPS) is 12.1. The summed E-state index contributed by atoms with van der Waals surface area (Å²) in [6.45, 7) is 7.63. The topological polar surface area (TPSA) is 22.1 Å². The van der Waals surface area contributed by atoms with Crippen LogP contribution in [0.2, 0.25) is 0 Å². The van der Waals surface area contributed by atoms with Crippen molar-refractivity contribution in [2.24, 2.45) is 5.92 Å². The predicted molar refractivity (Wildman–Crippen MR) is 116 cm³/mol. The number of aryl methyl sites for hydroxylation is 1. The Morgan fingerprint density at radius 2 is 1.81 bits per heavy atom. The van der Waals surface area contributed by atoms with Gasteiger partial charge in [-0.15, -0.1) is 0 Å². The van der Waals surface area contributed by atoms with Crippen LogP contribution in [0, 0.1) is 5.92 Å². The zero-order chi connectivity index (χ0) is 19.3. The van der Waals surface area contributed by atoms with Crippen LogP contribution in [-0.4, -0.2) is 11.6 Å². The highest BCUT2D eigenvalue weighted by molar-refractivity contribution is 5.67. The number of hydrogen-bond acceptors (Lipinski definition) is 2. The van der Waals surface area contributed by atoms with Gasteiger partial charge < -0.3 is 4.74 Å². The Bertz CT molecular complexity index is 652. The van der Waals surface area contributed by atoms with Gasteiger partial charge in [0, 0.05) is 11.8 Å². The summed E-state index contributed by atoms with van der Waals surface area (Å²) in [4.78, 5) is 4.61. The summed E-state index contributed by atoms with van der Waals surface area (Å²) >= 11 is 0. The highest BCUT2D eigenvalue weighted by Crippen LogP contribution is 2.29. The van der Waals surface area contributed by atoms with Crippen LogP contribution in [0.4, 0.5) is 0 Å². The molecule has 2 nitrogen and oxygen atoms in total. The lowest BCUT2D eigenvalue weighted by Crippen LogP contribution is -2.01. The standard InChI is InChI=1S/C25H37NO/c1-4-6-7-8-14-22-17-18-26-24(20-22)23-15-9-10-16-25(23)27-19-12-11-13-21(3)5-2/h9-10,15-18,20-21H,4-8,11-14,19H2,1-3H3. The number of nitrogens with zero attached hydrogens (tertiary/aromatic N) is 1. The third-order valence-corrected chi connectivity index (χ3v) is 5.35. The van der Waals surface area contributed by atoms with E-state index in [4.69, 9.17) is 4.74 Å². The summed E-state index contributed by atoms with van der Waals surface area (Å²) in [6, 6.07) is 12.7. The number of unbranched alkanes of at least 4 members (excludes halogenated alkanes) is 4. The largest absolute Gasteiger partial charge is 0.493 e. The summed E-state index contributed by atoms with van der Waals surface area (Å²) in [7, 11) is 0. The molecule has 0 amide bonds. The van der Waals surface area contributed by atoms with Gasteiger partial charge in [0.25, 0.3) is 0 Å². The fourth-order valence-corrected chi connectivity index (χ4v) is 3.32. The molecule has 0 radical (unpaired) electrons. The molecule has 27 heavy (non-hydrogen) atoms. The molecule has 1 atom stereocenters. The van der Waals surface area contributed by atoms with Crippen molar-refractivity contribution >= 4 is 0 Å². The van der Waals surface area contributed by atoms with Crippen LogP contribution in [0.3, 0.4) is 0 Å². The molecule has 0 fully saturated rings. The van der Waals surface area contributed by atoms with E-state index < -0.39 is 0 Å². The second-order valence-corrected chi connectivity index (χ2v) is 7.71. The summed E-state index contributed by atoms with van der Waals surface area (Å²) in [5.41, 5.74) is 3.51. The minimum atomic E-state index is 0.782. The van der Waals surface area contributed by atoms with Crippen molar-refractivity contribution in [2.75, 3.05) is 6.61 Å². The lowest BCUT2D eigenvalue weighted by Gasteiger charge is -2.13. The van der Waals surface area contributed by atoms with Gasteiger partial charge >= 0.3 is 0 Å². The Balaban J connectivity index is 1.94. The van der Waals surface area contributed by atoms with E-state index in [1.807, 2.05) is 12.3 Å². The monoisotopic (exact) mass is 367 g/mol. The Morgan fingerprint density at radius 1 is 0.963 bits per heavy atom. The van der Waals surface area contributed by atoms with Crippen LogP contribution in [0.5, 0.6) is 5.75 Å². The van der Waals surface area contributed by atoms with Crippen molar-refractivity contribution in [3.8, 4) is 17.0 Å². The first-order chi connectivity index (χ1) is 13.2. The molecular weight excluding hydrogens is 330 g/mol. The molecule has 0 N–H and O–H groups in total. The molecule has 148 valence electrons. The van der Waals surface area contributed by atoms with Gasteiger partial charge in [0.1, 0.15) is 5.75 Å². The first-order valence-electron chi connectivity index (χ1n) is 10.9. The molecule has 0 bridgehead atoms. The van der Waals surface area contributed by atoms with Crippen molar-refractivity contribution in [3.05, 3.63) is 48.2 Å². The molecule has 1 aromatic carbocycles. The maximum atomic E-state index is 6.12. The van der Waals surface area contributed by atoms with Gasteiger partial charge in [-0.05, 0) is 61.4 Å². The third-order valence-electron chi connectivity index (χ3n) is 5.35.